The van der Waals surface area contributed by atoms with Gasteiger partial charge in [0.05, 0.1) is 28.8 Å². The lowest BCUT2D eigenvalue weighted by Gasteiger charge is -2.20. The van der Waals surface area contributed by atoms with Crippen LogP contribution in [-0.2, 0) is 10.0 Å². The minimum Gasteiger partial charge on any atom is -0.494 e. The van der Waals surface area contributed by atoms with Crippen LogP contribution in [0.25, 0.3) is 10.2 Å². The molecule has 9 nitrogen and oxygen atoms in total. The van der Waals surface area contributed by atoms with Crippen molar-refractivity contribution in [3.63, 3.8) is 0 Å². The topological polar surface area (TPSA) is 136 Å². The molecule has 0 spiro atoms. The van der Waals surface area contributed by atoms with Gasteiger partial charge in [-0.1, -0.05) is 17.4 Å². The van der Waals surface area contributed by atoms with Crippen LogP contribution in [0.2, 0.25) is 0 Å². The van der Waals surface area contributed by atoms with Crippen molar-refractivity contribution in [1.29, 1.82) is 10.5 Å². The number of sulfonamides is 1. The second-order valence-electron chi connectivity index (χ2n) is 6.98. The number of nitriles is 2. The summed E-state index contributed by atoms with van der Waals surface area (Å²) in [5.41, 5.74) is 1.93. The molecule has 3 rings (SSSR count). The molecule has 0 unspecified atom stereocenters. The first-order valence-corrected chi connectivity index (χ1v) is 12.2. The van der Waals surface area contributed by atoms with Crippen LogP contribution in [-0.4, -0.2) is 43.8 Å². The van der Waals surface area contributed by atoms with E-state index >= 15 is 0 Å². The highest BCUT2D eigenvalue weighted by Crippen LogP contribution is 2.34. The standard InChI is InChI=1S/C22H21N5O4S2/c1-15-5-10-18(31-2)19-20(15)32-22(25-19)26-21(28)16-6-8-17(9-7-16)33(29,30)27(13-3-11-23)14-4-12-24/h5-10H,3-4,13-14H2,1-2H3,(H,25,26,28). The molecule has 0 aliphatic heterocycles. The number of nitrogens with zero attached hydrogens (tertiary/aromatic N) is 4. The van der Waals surface area contributed by atoms with E-state index in [0.717, 1.165) is 14.6 Å². The van der Waals surface area contributed by atoms with Gasteiger partial charge in [0.25, 0.3) is 5.91 Å². The monoisotopic (exact) mass is 483 g/mol. The number of hydrogen-bond donors (Lipinski definition) is 1. The number of aryl methyl sites for hydroxylation is 1. The van der Waals surface area contributed by atoms with Gasteiger partial charge >= 0.3 is 0 Å². The maximum absolute atomic E-state index is 12.9. The van der Waals surface area contributed by atoms with Gasteiger partial charge in [-0.2, -0.15) is 14.8 Å². The highest BCUT2D eigenvalue weighted by molar-refractivity contribution is 7.89. The molecule has 0 fully saturated rings. The number of carbonyl (C=O) groups is 1. The predicted octanol–water partition coefficient (Wildman–Crippen LogP) is 3.68. The summed E-state index contributed by atoms with van der Waals surface area (Å²) in [4.78, 5) is 17.1. The average Bonchev–Trinajstić information content (AvgIpc) is 3.24. The van der Waals surface area contributed by atoms with Crippen LogP contribution in [0.4, 0.5) is 5.13 Å². The molecular formula is C22H21N5O4S2. The summed E-state index contributed by atoms with van der Waals surface area (Å²) in [7, 11) is -2.35. The molecule has 0 aliphatic carbocycles. The van der Waals surface area contributed by atoms with Crippen molar-refractivity contribution in [3.8, 4) is 17.9 Å². The molecule has 1 heterocycles. The zero-order valence-electron chi connectivity index (χ0n) is 18.0. The molecule has 11 heteroatoms. The van der Waals surface area contributed by atoms with E-state index in [2.05, 4.69) is 10.3 Å². The summed E-state index contributed by atoms with van der Waals surface area (Å²) in [6.07, 6.45) is 0.0230. The number of benzene rings is 2. The number of methoxy groups -OCH3 is 1. The van der Waals surface area contributed by atoms with Gasteiger partial charge < -0.3 is 4.74 Å². The Balaban J connectivity index is 1.80. The van der Waals surface area contributed by atoms with E-state index < -0.39 is 15.9 Å². The second kappa shape index (κ2) is 10.4. The Morgan fingerprint density at radius 1 is 1.12 bits per heavy atom. The van der Waals surface area contributed by atoms with E-state index in [0.29, 0.717) is 16.4 Å². The second-order valence-corrected chi connectivity index (χ2v) is 9.92. The van der Waals surface area contributed by atoms with Gasteiger partial charge in [-0.3, -0.25) is 10.1 Å². The third-order valence-electron chi connectivity index (χ3n) is 4.84. The number of fused-ring (bicyclic) bond motifs is 1. The van der Waals surface area contributed by atoms with Crippen LogP contribution < -0.4 is 10.1 Å². The quantitative estimate of drug-likeness (QED) is 0.490. The van der Waals surface area contributed by atoms with Crippen molar-refractivity contribution in [1.82, 2.24) is 9.29 Å². The Morgan fingerprint density at radius 2 is 1.76 bits per heavy atom. The van der Waals surface area contributed by atoms with E-state index in [9.17, 15) is 13.2 Å². The molecule has 0 aliphatic rings. The van der Waals surface area contributed by atoms with Gasteiger partial charge in [-0.25, -0.2) is 13.4 Å². The Labute approximate surface area is 195 Å². The van der Waals surface area contributed by atoms with E-state index in [1.54, 1.807) is 7.11 Å². The van der Waals surface area contributed by atoms with E-state index in [1.807, 2.05) is 31.2 Å². The number of hydrogen-bond acceptors (Lipinski definition) is 8. The largest absolute Gasteiger partial charge is 0.494 e. The van der Waals surface area contributed by atoms with Crippen LogP contribution in [0, 0.1) is 29.6 Å². The summed E-state index contributed by atoms with van der Waals surface area (Å²) in [5.74, 6) is 0.180. The number of anilines is 1. The number of amides is 1. The average molecular weight is 484 g/mol. The zero-order valence-corrected chi connectivity index (χ0v) is 19.7. The van der Waals surface area contributed by atoms with Crippen molar-refractivity contribution < 1.29 is 17.9 Å². The fourth-order valence-electron chi connectivity index (χ4n) is 3.13. The Hall–Kier alpha value is -3.51. The van der Waals surface area contributed by atoms with Gasteiger partial charge in [0.1, 0.15) is 11.3 Å². The summed E-state index contributed by atoms with van der Waals surface area (Å²) in [6.45, 7) is 1.92. The highest BCUT2D eigenvalue weighted by Gasteiger charge is 2.24. The molecule has 0 saturated carbocycles. The third-order valence-corrected chi connectivity index (χ3v) is 7.86. The molecule has 0 atom stereocenters. The predicted molar refractivity (Wildman–Crippen MR) is 125 cm³/mol. The van der Waals surface area contributed by atoms with Crippen molar-refractivity contribution >= 4 is 42.6 Å². The van der Waals surface area contributed by atoms with Crippen LogP contribution in [0.15, 0.2) is 41.3 Å². The molecule has 1 amide bonds. The number of carbonyl (C=O) groups excluding carboxylic acids is 1. The summed E-state index contributed by atoms with van der Waals surface area (Å²) in [5, 5.41) is 20.7. The Morgan fingerprint density at radius 3 is 2.33 bits per heavy atom. The lowest BCUT2D eigenvalue weighted by Crippen LogP contribution is -2.32. The van der Waals surface area contributed by atoms with Crippen LogP contribution >= 0.6 is 11.3 Å². The van der Waals surface area contributed by atoms with Crippen molar-refractivity contribution in [3.05, 3.63) is 47.5 Å². The first kappa shape index (κ1) is 24.1. The minimum atomic E-state index is -3.90. The first-order chi connectivity index (χ1) is 15.8. The Kier molecular flexibility index (Phi) is 7.61. The van der Waals surface area contributed by atoms with E-state index in [4.69, 9.17) is 15.3 Å². The molecule has 170 valence electrons. The number of thiazole rings is 1. The number of nitrogens with one attached hydrogen (secondary N) is 1. The third kappa shape index (κ3) is 5.29. The normalized spacial score (nSPS) is 11.2. The van der Waals surface area contributed by atoms with E-state index in [1.165, 1.54) is 35.6 Å². The molecule has 1 aromatic heterocycles. The van der Waals surface area contributed by atoms with Crippen LogP contribution in [0.3, 0.4) is 0 Å². The van der Waals surface area contributed by atoms with Gasteiger partial charge in [0, 0.05) is 31.5 Å². The molecular weight excluding hydrogens is 462 g/mol. The first-order valence-electron chi connectivity index (χ1n) is 9.91. The fraction of sp³-hybridized carbons (Fsp3) is 0.273. The van der Waals surface area contributed by atoms with E-state index in [-0.39, 0.29) is 36.4 Å². The number of ether oxygens (including phenoxy) is 1. The van der Waals surface area contributed by atoms with Crippen molar-refractivity contribution in [2.45, 2.75) is 24.7 Å². The van der Waals surface area contributed by atoms with Gasteiger partial charge in [-0.15, -0.1) is 0 Å². The maximum atomic E-state index is 12.9. The van der Waals surface area contributed by atoms with Gasteiger partial charge in [0.2, 0.25) is 10.0 Å². The minimum absolute atomic E-state index is 0.0107. The lowest BCUT2D eigenvalue weighted by molar-refractivity contribution is 0.102. The van der Waals surface area contributed by atoms with Crippen molar-refractivity contribution in [2.24, 2.45) is 0 Å². The lowest BCUT2D eigenvalue weighted by atomic mass is 10.2. The molecule has 3 aromatic rings. The molecule has 1 N–H and O–H groups in total. The summed E-state index contributed by atoms with van der Waals surface area (Å²) >= 11 is 1.32. The summed E-state index contributed by atoms with van der Waals surface area (Å²) < 4.78 is 33.1. The number of aromatic nitrogens is 1. The maximum Gasteiger partial charge on any atom is 0.257 e. The SMILES string of the molecule is COc1ccc(C)c2sc(NC(=O)c3ccc(S(=O)(=O)N(CCC#N)CCC#N)cc3)nc12. The fourth-order valence-corrected chi connectivity index (χ4v) is 5.51. The molecule has 2 aromatic carbocycles. The molecule has 0 bridgehead atoms. The molecule has 0 saturated heterocycles. The van der Waals surface area contributed by atoms with Crippen LogP contribution in [0.1, 0.15) is 28.8 Å². The van der Waals surface area contributed by atoms with Gasteiger partial charge in [-0.05, 0) is 42.8 Å². The Bertz CT molecular complexity index is 1330. The zero-order chi connectivity index (χ0) is 24.0. The van der Waals surface area contributed by atoms with Crippen LogP contribution in [0.5, 0.6) is 5.75 Å². The molecule has 33 heavy (non-hydrogen) atoms. The highest BCUT2D eigenvalue weighted by atomic mass is 32.2. The molecule has 0 radical (unpaired) electrons. The summed E-state index contributed by atoms with van der Waals surface area (Å²) in [6, 6.07) is 13.0. The number of rotatable bonds is 9. The van der Waals surface area contributed by atoms with Gasteiger partial charge in [0.15, 0.2) is 5.13 Å². The smallest absolute Gasteiger partial charge is 0.257 e. The van der Waals surface area contributed by atoms with Crippen molar-refractivity contribution in [2.75, 3.05) is 25.5 Å².